The van der Waals surface area contributed by atoms with Crippen LogP contribution < -0.4 is 17.2 Å². The smallest absolute Gasteiger partial charge is 0.188 e. The predicted octanol–water partition coefficient (Wildman–Crippen LogP) is -1.91. The highest BCUT2D eigenvalue weighted by Crippen LogP contribution is 1.79. The summed E-state index contributed by atoms with van der Waals surface area (Å²) in [5, 5.41) is 6.98. The van der Waals surface area contributed by atoms with Crippen molar-refractivity contribution in [2.75, 3.05) is 20.1 Å². The summed E-state index contributed by atoms with van der Waals surface area (Å²) in [4.78, 5) is 5.27. The van der Waals surface area contributed by atoms with E-state index in [4.69, 9.17) is 22.6 Å². The summed E-state index contributed by atoms with van der Waals surface area (Å²) in [6.07, 6.45) is 0. The van der Waals surface area contributed by atoms with Gasteiger partial charge in [0.2, 0.25) is 0 Å². The Labute approximate surface area is 65.6 Å². The van der Waals surface area contributed by atoms with Crippen molar-refractivity contribution in [1.29, 1.82) is 5.41 Å². The first-order valence-corrected chi connectivity index (χ1v) is 3.14. The van der Waals surface area contributed by atoms with Crippen molar-refractivity contribution in [3.63, 3.8) is 0 Å². The Balaban J connectivity index is 3.55. The van der Waals surface area contributed by atoms with E-state index in [1.54, 1.807) is 11.9 Å². The van der Waals surface area contributed by atoms with Crippen LogP contribution in [0.25, 0.3) is 0 Å². The highest BCUT2D eigenvalue weighted by atomic mass is 15.2. The Morgan fingerprint density at radius 3 is 2.36 bits per heavy atom. The number of guanidine groups is 2. The lowest BCUT2D eigenvalue weighted by molar-refractivity contribution is 0.507. The van der Waals surface area contributed by atoms with Crippen molar-refractivity contribution >= 4 is 11.9 Å². The molecule has 0 saturated carbocycles. The highest BCUT2D eigenvalue weighted by molar-refractivity contribution is 5.76. The molecule has 0 spiro atoms. The Morgan fingerprint density at radius 1 is 1.45 bits per heavy atom. The Morgan fingerprint density at radius 2 is 2.00 bits per heavy atom. The topological polar surface area (TPSA) is 118 Å². The number of hydrogen-bond acceptors (Lipinski definition) is 2. The second-order valence-electron chi connectivity index (χ2n) is 2.11. The van der Waals surface area contributed by atoms with E-state index in [1.807, 2.05) is 0 Å². The SMILES string of the molecule is CN(CCN=C(N)N)C(=N)N. The molecule has 64 valence electrons. The Bertz CT molecular complexity index is 158. The van der Waals surface area contributed by atoms with Gasteiger partial charge >= 0.3 is 0 Å². The fourth-order valence-electron chi connectivity index (χ4n) is 0.450. The van der Waals surface area contributed by atoms with Crippen molar-refractivity contribution in [1.82, 2.24) is 4.90 Å². The molecule has 6 nitrogen and oxygen atoms in total. The lowest BCUT2D eigenvalue weighted by Gasteiger charge is -2.14. The van der Waals surface area contributed by atoms with Crippen LogP contribution in [0.15, 0.2) is 4.99 Å². The molecule has 0 heterocycles. The molecule has 0 aliphatic rings. The summed E-state index contributed by atoms with van der Waals surface area (Å²) in [5.74, 6) is 0.0674. The number of rotatable bonds is 3. The van der Waals surface area contributed by atoms with Crippen LogP contribution in [0, 0.1) is 5.41 Å². The lowest BCUT2D eigenvalue weighted by Crippen LogP contribution is -2.35. The average Bonchev–Trinajstić information content (AvgIpc) is 1.86. The molecule has 0 radical (unpaired) electrons. The van der Waals surface area contributed by atoms with E-state index in [0.29, 0.717) is 13.1 Å². The molecule has 0 atom stereocenters. The van der Waals surface area contributed by atoms with Gasteiger partial charge < -0.3 is 22.1 Å². The number of likely N-dealkylation sites (N-methyl/N-ethyl adjacent to an activating group) is 1. The van der Waals surface area contributed by atoms with Crippen molar-refractivity contribution in [3.05, 3.63) is 0 Å². The summed E-state index contributed by atoms with van der Waals surface area (Å²) < 4.78 is 0. The summed E-state index contributed by atoms with van der Waals surface area (Å²) in [6.45, 7) is 1.01. The van der Waals surface area contributed by atoms with Gasteiger partial charge in [-0.05, 0) is 0 Å². The van der Waals surface area contributed by atoms with Gasteiger partial charge in [-0.1, -0.05) is 0 Å². The van der Waals surface area contributed by atoms with Gasteiger partial charge in [0.1, 0.15) is 0 Å². The zero-order valence-corrected chi connectivity index (χ0v) is 6.54. The quantitative estimate of drug-likeness (QED) is 0.283. The largest absolute Gasteiger partial charge is 0.370 e. The van der Waals surface area contributed by atoms with Crippen molar-refractivity contribution < 1.29 is 0 Å². The second kappa shape index (κ2) is 4.37. The minimum absolute atomic E-state index is 0.00999. The third-order valence-corrected chi connectivity index (χ3v) is 1.14. The zero-order valence-electron chi connectivity index (χ0n) is 6.54. The summed E-state index contributed by atoms with van der Waals surface area (Å²) in [5.41, 5.74) is 15.3. The van der Waals surface area contributed by atoms with Gasteiger partial charge in [-0.25, -0.2) is 0 Å². The molecule has 6 heteroatoms. The Kier molecular flexibility index (Phi) is 3.79. The first-order chi connectivity index (χ1) is 5.04. The molecule has 11 heavy (non-hydrogen) atoms. The predicted molar refractivity (Wildman–Crippen MR) is 45.2 cm³/mol. The third kappa shape index (κ3) is 5.01. The van der Waals surface area contributed by atoms with E-state index >= 15 is 0 Å². The van der Waals surface area contributed by atoms with E-state index in [9.17, 15) is 0 Å². The maximum Gasteiger partial charge on any atom is 0.188 e. The number of aliphatic imine (C=N–C) groups is 1. The van der Waals surface area contributed by atoms with Gasteiger partial charge in [0, 0.05) is 13.6 Å². The fraction of sp³-hybridized carbons (Fsp3) is 0.600. The molecule has 0 saturated heterocycles. The number of nitrogens with zero attached hydrogens (tertiary/aromatic N) is 2. The molecule has 0 unspecified atom stereocenters. The highest BCUT2D eigenvalue weighted by Gasteiger charge is 1.96. The number of hydrogen-bond donors (Lipinski definition) is 4. The standard InChI is InChI=1S/C5H14N6/c1-11(5(8)9)3-2-10-4(6)7/h2-3H2,1H3,(H3,8,9)(H4,6,7,10). The molecule has 0 amide bonds. The number of nitrogens with one attached hydrogen (secondary N) is 1. The fourth-order valence-corrected chi connectivity index (χ4v) is 0.450. The first-order valence-electron chi connectivity index (χ1n) is 3.14. The summed E-state index contributed by atoms with van der Waals surface area (Å²) >= 11 is 0. The van der Waals surface area contributed by atoms with Gasteiger partial charge in [-0.3, -0.25) is 10.4 Å². The second-order valence-corrected chi connectivity index (χ2v) is 2.11. The molecule has 0 aliphatic heterocycles. The maximum atomic E-state index is 6.98. The van der Waals surface area contributed by atoms with Crippen molar-refractivity contribution in [2.24, 2.45) is 22.2 Å². The average molecular weight is 158 g/mol. The normalized spacial score (nSPS) is 8.82. The van der Waals surface area contributed by atoms with E-state index in [1.165, 1.54) is 0 Å². The molecule has 0 aromatic rings. The molecular formula is C5H14N6. The minimum atomic E-state index is 0.00999. The van der Waals surface area contributed by atoms with E-state index in [0.717, 1.165) is 0 Å². The molecular weight excluding hydrogens is 144 g/mol. The van der Waals surface area contributed by atoms with Crippen LogP contribution in [0.5, 0.6) is 0 Å². The van der Waals surface area contributed by atoms with Crippen LogP contribution in [0.3, 0.4) is 0 Å². The van der Waals surface area contributed by atoms with Gasteiger partial charge in [-0.15, -0.1) is 0 Å². The Hall–Kier alpha value is -1.46. The van der Waals surface area contributed by atoms with Crippen LogP contribution in [0.2, 0.25) is 0 Å². The van der Waals surface area contributed by atoms with E-state index in [-0.39, 0.29) is 11.9 Å². The molecule has 0 fully saturated rings. The molecule has 7 N–H and O–H groups in total. The van der Waals surface area contributed by atoms with Gasteiger partial charge in [0.15, 0.2) is 11.9 Å². The lowest BCUT2D eigenvalue weighted by atomic mass is 10.6. The van der Waals surface area contributed by atoms with E-state index < -0.39 is 0 Å². The van der Waals surface area contributed by atoms with Crippen LogP contribution in [-0.2, 0) is 0 Å². The molecule has 0 rings (SSSR count). The monoisotopic (exact) mass is 158 g/mol. The molecule has 0 aromatic heterocycles. The van der Waals surface area contributed by atoms with Crippen LogP contribution in [-0.4, -0.2) is 37.0 Å². The maximum absolute atomic E-state index is 6.98. The van der Waals surface area contributed by atoms with Crippen molar-refractivity contribution in [2.45, 2.75) is 0 Å². The molecule has 0 aromatic carbocycles. The molecule has 0 bridgehead atoms. The van der Waals surface area contributed by atoms with Gasteiger partial charge in [0.05, 0.1) is 6.54 Å². The first kappa shape index (κ1) is 9.54. The third-order valence-electron chi connectivity index (χ3n) is 1.14. The zero-order chi connectivity index (χ0) is 8.85. The van der Waals surface area contributed by atoms with E-state index in [2.05, 4.69) is 4.99 Å². The molecule has 0 aliphatic carbocycles. The van der Waals surface area contributed by atoms with Gasteiger partial charge in [-0.2, -0.15) is 0 Å². The van der Waals surface area contributed by atoms with Crippen LogP contribution in [0.4, 0.5) is 0 Å². The summed E-state index contributed by atoms with van der Waals surface area (Å²) in [6, 6.07) is 0. The number of nitrogens with two attached hydrogens (primary N) is 3. The summed E-state index contributed by atoms with van der Waals surface area (Å²) in [7, 11) is 1.70. The van der Waals surface area contributed by atoms with Gasteiger partial charge in [0.25, 0.3) is 0 Å². The van der Waals surface area contributed by atoms with Crippen molar-refractivity contribution in [3.8, 4) is 0 Å². The van der Waals surface area contributed by atoms with Crippen LogP contribution >= 0.6 is 0 Å². The minimum Gasteiger partial charge on any atom is -0.370 e. The van der Waals surface area contributed by atoms with Crippen LogP contribution in [0.1, 0.15) is 0 Å².